The molecule has 2 aromatic rings. The molecule has 0 saturated heterocycles. The predicted octanol–water partition coefficient (Wildman–Crippen LogP) is 4.27. The first kappa shape index (κ1) is 27.7. The summed E-state index contributed by atoms with van der Waals surface area (Å²) in [6.07, 6.45) is 15.1. The van der Waals surface area contributed by atoms with E-state index in [9.17, 15) is 14.7 Å². The summed E-state index contributed by atoms with van der Waals surface area (Å²) >= 11 is 0. The zero-order valence-electron chi connectivity index (χ0n) is 22.9. The minimum absolute atomic E-state index is 0.0943. The van der Waals surface area contributed by atoms with E-state index in [2.05, 4.69) is 38.1 Å². The molecule has 5 rings (SSSR count). The minimum Gasteiger partial charge on any atom is -0.480 e. The monoisotopic (exact) mass is 533 g/mol. The van der Waals surface area contributed by atoms with Crippen LogP contribution in [-0.4, -0.2) is 46.1 Å². The van der Waals surface area contributed by atoms with Gasteiger partial charge in [-0.3, -0.25) is 14.8 Å². The van der Waals surface area contributed by atoms with Gasteiger partial charge in [0, 0.05) is 30.4 Å². The average molecular weight is 534 g/mol. The number of pyridine rings is 2. The lowest BCUT2D eigenvalue weighted by Gasteiger charge is -2.31. The Labute approximate surface area is 231 Å². The fraction of sp³-hybridized carbons (Fsp3) is 0.613. The molecule has 0 spiro atoms. The molecular weight excluding hydrogens is 490 g/mol. The van der Waals surface area contributed by atoms with E-state index >= 15 is 0 Å². The maximum Gasteiger partial charge on any atom is 0.326 e. The number of carbonyl (C=O) groups is 2. The molecule has 0 bridgehead atoms. The van der Waals surface area contributed by atoms with Crippen molar-refractivity contribution >= 4 is 11.9 Å². The highest BCUT2D eigenvalue weighted by molar-refractivity contribution is 5.85. The number of fused-ring (bicyclic) bond motifs is 2. The van der Waals surface area contributed by atoms with Crippen LogP contribution in [0.25, 0.3) is 0 Å². The number of aryl methyl sites for hydroxylation is 2. The van der Waals surface area contributed by atoms with Crippen LogP contribution < -0.4 is 16.0 Å². The van der Waals surface area contributed by atoms with Gasteiger partial charge < -0.3 is 21.1 Å². The van der Waals surface area contributed by atoms with E-state index in [4.69, 9.17) is 0 Å². The SMILES string of the molecule is O=C(NC(CCCNC1CCCc2cccnc21)C(=O)O)C1CCC(CN[C@H]2CCCc3cccnc32)CC1. The van der Waals surface area contributed by atoms with E-state index in [1.807, 2.05) is 24.5 Å². The molecule has 1 fully saturated rings. The lowest BCUT2D eigenvalue weighted by Crippen LogP contribution is -2.45. The standard InChI is InChI=1S/C31H43N5O3/c37-30(24-15-13-21(14-16-24)20-35-26-11-2-7-23-9-4-19-34-29(23)26)36-27(31(38)39)12-5-17-32-25-10-1-6-22-8-3-18-33-28(22)25/h3-4,8-9,18-19,21,24-27,32,35H,1-2,5-7,10-17,20H2,(H,36,37)(H,38,39)/t21?,24?,25?,26-,27?/m0/s1. The number of carbonyl (C=O) groups excluding carboxylic acids is 1. The van der Waals surface area contributed by atoms with Crippen molar-refractivity contribution in [2.24, 2.45) is 11.8 Å². The van der Waals surface area contributed by atoms with Crippen LogP contribution in [0.5, 0.6) is 0 Å². The molecule has 0 aromatic carbocycles. The summed E-state index contributed by atoms with van der Waals surface area (Å²) in [4.78, 5) is 34.0. The van der Waals surface area contributed by atoms with Crippen LogP contribution in [0, 0.1) is 11.8 Å². The summed E-state index contributed by atoms with van der Waals surface area (Å²) in [5, 5.41) is 19.9. The van der Waals surface area contributed by atoms with Crippen molar-refractivity contribution in [1.82, 2.24) is 25.9 Å². The maximum atomic E-state index is 13.0. The van der Waals surface area contributed by atoms with Gasteiger partial charge in [0.2, 0.25) is 5.91 Å². The molecule has 0 radical (unpaired) electrons. The fourth-order valence-corrected chi connectivity index (χ4v) is 6.68. The normalized spacial score (nSPS) is 25.2. The maximum absolute atomic E-state index is 13.0. The highest BCUT2D eigenvalue weighted by atomic mass is 16.4. The van der Waals surface area contributed by atoms with Crippen molar-refractivity contribution in [1.29, 1.82) is 0 Å². The van der Waals surface area contributed by atoms with Crippen LogP contribution in [0.3, 0.4) is 0 Å². The number of nitrogens with one attached hydrogen (secondary N) is 3. The first-order chi connectivity index (χ1) is 19.1. The first-order valence-corrected chi connectivity index (χ1v) is 15.0. The topological polar surface area (TPSA) is 116 Å². The second-order valence-corrected chi connectivity index (χ2v) is 11.6. The van der Waals surface area contributed by atoms with Gasteiger partial charge in [0.1, 0.15) is 6.04 Å². The Morgan fingerprint density at radius 2 is 1.49 bits per heavy atom. The summed E-state index contributed by atoms with van der Waals surface area (Å²) in [6, 6.07) is 8.05. The van der Waals surface area contributed by atoms with E-state index in [0.29, 0.717) is 31.3 Å². The quantitative estimate of drug-likeness (QED) is 0.319. The van der Waals surface area contributed by atoms with E-state index in [1.54, 1.807) is 0 Å². The van der Waals surface area contributed by atoms with Gasteiger partial charge in [-0.1, -0.05) is 12.1 Å². The molecule has 1 amide bonds. The third-order valence-electron chi connectivity index (χ3n) is 8.94. The van der Waals surface area contributed by atoms with Gasteiger partial charge in [0.05, 0.1) is 11.4 Å². The van der Waals surface area contributed by atoms with Crippen LogP contribution in [0.15, 0.2) is 36.7 Å². The minimum atomic E-state index is -0.952. The predicted molar refractivity (Wildman–Crippen MR) is 150 cm³/mol. The second kappa shape index (κ2) is 13.5. The van der Waals surface area contributed by atoms with Crippen molar-refractivity contribution in [2.75, 3.05) is 13.1 Å². The Kier molecular flexibility index (Phi) is 9.58. The third-order valence-corrected chi connectivity index (χ3v) is 8.94. The Bertz CT molecular complexity index is 1120. The number of rotatable bonds is 11. The molecule has 1 saturated carbocycles. The lowest BCUT2D eigenvalue weighted by molar-refractivity contribution is -0.143. The number of aliphatic carboxylic acids is 1. The van der Waals surface area contributed by atoms with E-state index in [-0.39, 0.29) is 17.9 Å². The Morgan fingerprint density at radius 3 is 2.10 bits per heavy atom. The number of carboxylic acid groups (broad SMARTS) is 1. The highest BCUT2D eigenvalue weighted by Gasteiger charge is 2.30. The molecule has 0 aliphatic heterocycles. The van der Waals surface area contributed by atoms with Gasteiger partial charge in [-0.25, -0.2) is 4.79 Å². The van der Waals surface area contributed by atoms with Crippen molar-refractivity contribution < 1.29 is 14.7 Å². The van der Waals surface area contributed by atoms with Gasteiger partial charge in [0.25, 0.3) is 0 Å². The van der Waals surface area contributed by atoms with Crippen LogP contribution in [0.2, 0.25) is 0 Å². The Balaban J connectivity index is 1.02. The van der Waals surface area contributed by atoms with Crippen molar-refractivity contribution in [3.63, 3.8) is 0 Å². The summed E-state index contributed by atoms with van der Waals surface area (Å²) in [5.74, 6) is -0.600. The fourth-order valence-electron chi connectivity index (χ4n) is 6.68. The largest absolute Gasteiger partial charge is 0.480 e. The first-order valence-electron chi connectivity index (χ1n) is 15.0. The van der Waals surface area contributed by atoms with E-state index in [0.717, 1.165) is 70.0 Å². The molecular formula is C31H43N5O3. The number of nitrogens with zero attached hydrogens (tertiary/aromatic N) is 2. The zero-order chi connectivity index (χ0) is 27.0. The number of carboxylic acids is 1. The lowest BCUT2D eigenvalue weighted by atomic mass is 9.81. The molecule has 39 heavy (non-hydrogen) atoms. The zero-order valence-corrected chi connectivity index (χ0v) is 22.9. The van der Waals surface area contributed by atoms with Crippen LogP contribution in [0.4, 0.5) is 0 Å². The molecule has 210 valence electrons. The molecule has 8 nitrogen and oxygen atoms in total. The molecule has 2 heterocycles. The van der Waals surface area contributed by atoms with E-state index < -0.39 is 12.0 Å². The van der Waals surface area contributed by atoms with Crippen molar-refractivity contribution in [2.45, 2.75) is 95.2 Å². The Hall–Kier alpha value is -2.84. The molecule has 3 atom stereocenters. The molecule has 3 aliphatic rings. The second-order valence-electron chi connectivity index (χ2n) is 11.6. The smallest absolute Gasteiger partial charge is 0.326 e. The van der Waals surface area contributed by atoms with Gasteiger partial charge in [-0.05, 0) is 119 Å². The van der Waals surface area contributed by atoms with Crippen LogP contribution >= 0.6 is 0 Å². The van der Waals surface area contributed by atoms with Gasteiger partial charge in [-0.15, -0.1) is 0 Å². The number of hydrogen-bond acceptors (Lipinski definition) is 6. The Morgan fingerprint density at radius 1 is 0.872 bits per heavy atom. The van der Waals surface area contributed by atoms with Gasteiger partial charge in [-0.2, -0.15) is 0 Å². The highest BCUT2D eigenvalue weighted by Crippen LogP contribution is 2.32. The molecule has 8 heteroatoms. The molecule has 2 aromatic heterocycles. The summed E-state index contributed by atoms with van der Waals surface area (Å²) < 4.78 is 0. The van der Waals surface area contributed by atoms with Crippen LogP contribution in [-0.2, 0) is 22.4 Å². The molecule has 3 aliphatic carbocycles. The summed E-state index contributed by atoms with van der Waals surface area (Å²) in [6.45, 7) is 1.65. The van der Waals surface area contributed by atoms with E-state index in [1.165, 1.54) is 23.2 Å². The third kappa shape index (κ3) is 7.22. The number of hydrogen-bond donors (Lipinski definition) is 4. The van der Waals surface area contributed by atoms with Crippen molar-refractivity contribution in [3.8, 4) is 0 Å². The van der Waals surface area contributed by atoms with Gasteiger partial charge >= 0.3 is 5.97 Å². The number of aromatic nitrogens is 2. The van der Waals surface area contributed by atoms with Gasteiger partial charge in [0.15, 0.2) is 0 Å². The number of amides is 1. The average Bonchev–Trinajstić information content (AvgIpc) is 2.97. The summed E-state index contributed by atoms with van der Waals surface area (Å²) in [7, 11) is 0. The molecule has 2 unspecified atom stereocenters. The van der Waals surface area contributed by atoms with Crippen molar-refractivity contribution in [3.05, 3.63) is 59.2 Å². The summed E-state index contributed by atoms with van der Waals surface area (Å²) in [5.41, 5.74) is 4.99. The molecule has 4 N–H and O–H groups in total. The van der Waals surface area contributed by atoms with Crippen LogP contribution in [0.1, 0.15) is 98.8 Å².